The van der Waals surface area contributed by atoms with Crippen LogP contribution in [-0.4, -0.2) is 0 Å². The number of hydrogen-bond donors (Lipinski definition) is 0. The van der Waals surface area contributed by atoms with Gasteiger partial charge in [-0.2, -0.15) is 0 Å². The van der Waals surface area contributed by atoms with Crippen LogP contribution >= 0.6 is 0 Å². The number of benzene rings is 9. The van der Waals surface area contributed by atoms with Gasteiger partial charge in [-0.15, -0.1) is 0 Å². The molecule has 40 heavy (non-hydrogen) atoms. The van der Waals surface area contributed by atoms with Crippen LogP contribution in [0.3, 0.4) is 0 Å². The Kier molecular flexibility index (Phi) is 4.42. The van der Waals surface area contributed by atoms with Crippen LogP contribution in [0, 0.1) is 0 Å². The highest BCUT2D eigenvalue weighted by atomic mass is 14.2. The number of hydrogen-bond acceptors (Lipinski definition) is 0. The zero-order chi connectivity index (χ0) is 26.2. The average Bonchev–Trinajstić information content (AvgIpc) is 3.02. The van der Waals surface area contributed by atoms with E-state index < -0.39 is 0 Å². The minimum atomic E-state index is 1.26. The van der Waals surface area contributed by atoms with E-state index in [1.54, 1.807) is 0 Å². The van der Waals surface area contributed by atoms with Gasteiger partial charge in [-0.25, -0.2) is 0 Å². The molecule has 9 aromatic rings. The fourth-order valence-electron chi connectivity index (χ4n) is 6.97. The maximum absolute atomic E-state index is 2.42. The van der Waals surface area contributed by atoms with Crippen LogP contribution in [0.2, 0.25) is 0 Å². The highest BCUT2D eigenvalue weighted by Crippen LogP contribution is 2.44. The molecule has 0 saturated carbocycles. The molecule has 0 N–H and O–H groups in total. The van der Waals surface area contributed by atoms with Crippen molar-refractivity contribution in [2.75, 3.05) is 0 Å². The van der Waals surface area contributed by atoms with Crippen molar-refractivity contribution in [3.05, 3.63) is 146 Å². The Morgan fingerprint density at radius 3 is 1.70 bits per heavy atom. The first kappa shape index (κ1) is 21.7. The van der Waals surface area contributed by atoms with E-state index in [4.69, 9.17) is 0 Å². The molecule has 184 valence electrons. The number of rotatable bonds is 2. The van der Waals surface area contributed by atoms with E-state index in [0.717, 1.165) is 0 Å². The molecule has 0 radical (unpaired) electrons. The van der Waals surface area contributed by atoms with Crippen LogP contribution in [-0.2, 0) is 0 Å². The summed E-state index contributed by atoms with van der Waals surface area (Å²) in [4.78, 5) is 0. The molecule has 0 nitrogen and oxygen atoms in total. The second-order valence-corrected chi connectivity index (χ2v) is 10.9. The Morgan fingerprint density at radius 1 is 0.275 bits per heavy atom. The second-order valence-electron chi connectivity index (χ2n) is 10.9. The molecule has 0 aliphatic rings. The molecule has 0 saturated heterocycles. The van der Waals surface area contributed by atoms with E-state index in [0.29, 0.717) is 0 Å². The lowest BCUT2D eigenvalue weighted by Crippen LogP contribution is -1.90. The van der Waals surface area contributed by atoms with Crippen LogP contribution < -0.4 is 0 Å². The van der Waals surface area contributed by atoms with Crippen molar-refractivity contribution >= 4 is 64.6 Å². The average molecular weight is 505 g/mol. The molecule has 9 aromatic carbocycles. The summed E-state index contributed by atoms with van der Waals surface area (Å²) in [6.07, 6.45) is 0. The van der Waals surface area contributed by atoms with E-state index in [1.165, 1.54) is 86.9 Å². The Balaban J connectivity index is 1.41. The molecule has 0 heterocycles. The van der Waals surface area contributed by atoms with E-state index in [2.05, 4.69) is 146 Å². The summed E-state index contributed by atoms with van der Waals surface area (Å²) in [5.74, 6) is 0. The molecular weight excluding hydrogens is 480 g/mol. The first-order valence-corrected chi connectivity index (χ1v) is 13.9. The van der Waals surface area contributed by atoms with Crippen LogP contribution in [0.5, 0.6) is 0 Å². The van der Waals surface area contributed by atoms with Crippen molar-refractivity contribution in [2.45, 2.75) is 0 Å². The minimum Gasteiger partial charge on any atom is -0.0622 e. The van der Waals surface area contributed by atoms with Gasteiger partial charge in [-0.3, -0.25) is 0 Å². The molecule has 0 fully saturated rings. The van der Waals surface area contributed by atoms with Crippen LogP contribution in [0.25, 0.3) is 86.9 Å². The van der Waals surface area contributed by atoms with Gasteiger partial charge in [0.25, 0.3) is 0 Å². The molecule has 0 unspecified atom stereocenters. The quantitative estimate of drug-likeness (QED) is 0.162. The van der Waals surface area contributed by atoms with Gasteiger partial charge >= 0.3 is 0 Å². The Bertz CT molecular complexity index is 2390. The van der Waals surface area contributed by atoms with E-state index in [-0.39, 0.29) is 0 Å². The van der Waals surface area contributed by atoms with Gasteiger partial charge in [0.15, 0.2) is 0 Å². The summed E-state index contributed by atoms with van der Waals surface area (Å²) >= 11 is 0. The molecule has 0 aromatic heterocycles. The topological polar surface area (TPSA) is 0 Å². The van der Waals surface area contributed by atoms with Gasteiger partial charge in [0, 0.05) is 0 Å². The minimum absolute atomic E-state index is 1.26. The van der Waals surface area contributed by atoms with E-state index in [9.17, 15) is 0 Å². The molecule has 0 atom stereocenters. The lowest BCUT2D eigenvalue weighted by atomic mass is 9.85. The van der Waals surface area contributed by atoms with Gasteiger partial charge < -0.3 is 0 Å². The largest absolute Gasteiger partial charge is 0.0622 e. The molecular formula is C40H24. The first-order valence-electron chi connectivity index (χ1n) is 13.9. The summed E-state index contributed by atoms with van der Waals surface area (Å²) in [5, 5.41) is 15.7. The SMILES string of the molecule is c1ccc(-c2ccc3ccc4cc(-c5c6ccccc6cc6ccc7ccccc7c56)cc5ccc2c3c45)cc1. The summed E-state index contributed by atoms with van der Waals surface area (Å²) < 4.78 is 0. The van der Waals surface area contributed by atoms with Crippen molar-refractivity contribution in [1.29, 1.82) is 0 Å². The zero-order valence-electron chi connectivity index (χ0n) is 21.9. The van der Waals surface area contributed by atoms with Crippen LogP contribution in [0.1, 0.15) is 0 Å². The van der Waals surface area contributed by atoms with Crippen molar-refractivity contribution in [3.8, 4) is 22.3 Å². The van der Waals surface area contributed by atoms with Crippen molar-refractivity contribution in [3.63, 3.8) is 0 Å². The predicted octanol–water partition coefficient (Wildman–Crippen LogP) is 11.4. The normalized spacial score (nSPS) is 12.0. The number of fused-ring (bicyclic) bond motifs is 4. The highest BCUT2D eigenvalue weighted by molar-refractivity contribution is 6.28. The maximum atomic E-state index is 2.42. The standard InChI is InChI=1S/C40H24/c1-2-8-25(9-3-1)33-20-18-27-15-17-29-23-32(24-30-19-21-36(33)38(27)37(29)30)40-35-13-7-5-11-28(35)22-31-16-14-26-10-4-6-12-34(26)39(31)40/h1-24H. The molecule has 0 spiro atoms. The Hall–Kier alpha value is -5.20. The van der Waals surface area contributed by atoms with Gasteiger partial charge in [0.05, 0.1) is 0 Å². The van der Waals surface area contributed by atoms with Crippen molar-refractivity contribution in [1.82, 2.24) is 0 Å². The molecule has 9 rings (SSSR count). The van der Waals surface area contributed by atoms with E-state index >= 15 is 0 Å². The van der Waals surface area contributed by atoms with Crippen molar-refractivity contribution < 1.29 is 0 Å². The third-order valence-electron chi connectivity index (χ3n) is 8.72. The second kappa shape index (κ2) is 8.15. The third kappa shape index (κ3) is 3.02. The van der Waals surface area contributed by atoms with Gasteiger partial charge in [-0.05, 0) is 105 Å². The summed E-state index contributed by atoms with van der Waals surface area (Å²) in [5.41, 5.74) is 5.14. The molecule has 0 bridgehead atoms. The Labute approximate surface area is 232 Å². The molecule has 0 amide bonds. The highest BCUT2D eigenvalue weighted by Gasteiger charge is 2.17. The van der Waals surface area contributed by atoms with Crippen molar-refractivity contribution in [2.24, 2.45) is 0 Å². The molecule has 0 aliphatic carbocycles. The lowest BCUT2D eigenvalue weighted by Gasteiger charge is -2.18. The third-order valence-corrected chi connectivity index (χ3v) is 8.72. The summed E-state index contributed by atoms with van der Waals surface area (Å²) in [6.45, 7) is 0. The van der Waals surface area contributed by atoms with Gasteiger partial charge in [0.2, 0.25) is 0 Å². The maximum Gasteiger partial charge on any atom is -0.00201 e. The van der Waals surface area contributed by atoms with Crippen LogP contribution in [0.4, 0.5) is 0 Å². The monoisotopic (exact) mass is 504 g/mol. The Morgan fingerprint density at radius 2 is 0.875 bits per heavy atom. The molecule has 0 aliphatic heterocycles. The van der Waals surface area contributed by atoms with Gasteiger partial charge in [0.1, 0.15) is 0 Å². The zero-order valence-corrected chi connectivity index (χ0v) is 21.9. The van der Waals surface area contributed by atoms with E-state index in [1.807, 2.05) is 0 Å². The summed E-state index contributed by atoms with van der Waals surface area (Å²) in [6, 6.07) is 53.9. The lowest BCUT2D eigenvalue weighted by molar-refractivity contribution is 1.66. The fourth-order valence-corrected chi connectivity index (χ4v) is 6.97. The molecule has 0 heteroatoms. The van der Waals surface area contributed by atoms with Gasteiger partial charge in [-0.1, -0.05) is 127 Å². The van der Waals surface area contributed by atoms with Crippen LogP contribution in [0.15, 0.2) is 146 Å². The first-order chi connectivity index (χ1) is 19.8. The summed E-state index contributed by atoms with van der Waals surface area (Å²) in [7, 11) is 0. The predicted molar refractivity (Wildman–Crippen MR) is 174 cm³/mol. The smallest absolute Gasteiger partial charge is 0.00201 e. The fraction of sp³-hybridized carbons (Fsp3) is 0.